The highest BCUT2D eigenvalue weighted by molar-refractivity contribution is 7.89. The molecule has 9 heteroatoms. The Morgan fingerprint density at radius 3 is 2.31 bits per heavy atom. The molecular formula is C17H19ClN2O5S. The van der Waals surface area contributed by atoms with E-state index in [-0.39, 0.29) is 16.5 Å². The normalized spacial score (nSPS) is 11.3. The molecule has 0 aliphatic rings. The molecule has 0 fully saturated rings. The number of carbonyl (C=O) groups is 1. The molecule has 0 saturated heterocycles. The van der Waals surface area contributed by atoms with Gasteiger partial charge in [0.15, 0.2) is 0 Å². The summed E-state index contributed by atoms with van der Waals surface area (Å²) >= 11 is 6.06. The van der Waals surface area contributed by atoms with Crippen molar-refractivity contribution in [3.05, 3.63) is 47.5 Å². The van der Waals surface area contributed by atoms with Gasteiger partial charge in [-0.2, -0.15) is 4.31 Å². The largest absolute Gasteiger partial charge is 0.495 e. The fourth-order valence-corrected chi connectivity index (χ4v) is 3.60. The van der Waals surface area contributed by atoms with E-state index in [2.05, 4.69) is 5.32 Å². The fourth-order valence-electron chi connectivity index (χ4n) is 2.21. The van der Waals surface area contributed by atoms with Crippen molar-refractivity contribution in [1.29, 1.82) is 0 Å². The Kier molecular flexibility index (Phi) is 6.47. The monoisotopic (exact) mass is 398 g/mol. The number of methoxy groups -OCH3 is 2. The number of anilines is 1. The number of hydrogen-bond acceptors (Lipinski definition) is 5. The molecule has 0 radical (unpaired) electrons. The van der Waals surface area contributed by atoms with Crippen molar-refractivity contribution in [2.45, 2.75) is 4.90 Å². The van der Waals surface area contributed by atoms with Gasteiger partial charge in [0, 0.05) is 13.1 Å². The van der Waals surface area contributed by atoms with E-state index in [1.54, 1.807) is 18.2 Å². The summed E-state index contributed by atoms with van der Waals surface area (Å²) in [5, 5.41) is 2.88. The topological polar surface area (TPSA) is 84.9 Å². The molecule has 0 unspecified atom stereocenters. The maximum Gasteiger partial charge on any atom is 0.243 e. The van der Waals surface area contributed by atoms with Gasteiger partial charge in [0.2, 0.25) is 15.9 Å². The van der Waals surface area contributed by atoms with Gasteiger partial charge in [-0.1, -0.05) is 29.8 Å². The molecule has 0 spiro atoms. The van der Waals surface area contributed by atoms with Gasteiger partial charge in [0.1, 0.15) is 11.5 Å². The zero-order chi connectivity index (χ0) is 19.3. The standard InChI is InChI=1S/C17H19ClN2O5S/c1-20(26(22,23)12-7-5-4-6-8-12)11-17(21)19-14-9-13(18)15(24-2)10-16(14)25-3/h4-10H,11H2,1-3H3,(H,19,21). The average Bonchev–Trinajstić information content (AvgIpc) is 2.62. The lowest BCUT2D eigenvalue weighted by molar-refractivity contribution is -0.116. The van der Waals surface area contributed by atoms with Crippen LogP contribution in [0.3, 0.4) is 0 Å². The van der Waals surface area contributed by atoms with Crippen LogP contribution in [0.1, 0.15) is 0 Å². The summed E-state index contributed by atoms with van der Waals surface area (Å²) in [5.41, 5.74) is 0.314. The number of nitrogens with zero attached hydrogens (tertiary/aromatic N) is 1. The van der Waals surface area contributed by atoms with Crippen molar-refractivity contribution in [3.63, 3.8) is 0 Å². The molecule has 7 nitrogen and oxygen atoms in total. The molecule has 2 rings (SSSR count). The zero-order valence-electron chi connectivity index (χ0n) is 14.5. The number of halogens is 1. The second-order valence-corrected chi connectivity index (χ2v) is 7.76. The molecule has 26 heavy (non-hydrogen) atoms. The van der Waals surface area contributed by atoms with E-state index in [1.807, 2.05) is 0 Å². The van der Waals surface area contributed by atoms with Crippen molar-refractivity contribution in [3.8, 4) is 11.5 Å². The molecule has 0 saturated carbocycles. The van der Waals surface area contributed by atoms with Gasteiger partial charge in [0.05, 0.1) is 36.4 Å². The van der Waals surface area contributed by atoms with Crippen LogP contribution in [0.15, 0.2) is 47.4 Å². The number of likely N-dealkylation sites (N-methyl/N-ethyl adjacent to an activating group) is 1. The minimum Gasteiger partial charge on any atom is -0.495 e. The van der Waals surface area contributed by atoms with E-state index in [1.165, 1.54) is 45.5 Å². The number of rotatable bonds is 7. The van der Waals surface area contributed by atoms with Crippen LogP contribution >= 0.6 is 11.6 Å². The molecule has 1 amide bonds. The van der Waals surface area contributed by atoms with E-state index in [9.17, 15) is 13.2 Å². The molecule has 2 aromatic carbocycles. The highest BCUT2D eigenvalue weighted by Gasteiger charge is 2.23. The van der Waals surface area contributed by atoms with Crippen molar-refractivity contribution < 1.29 is 22.7 Å². The van der Waals surface area contributed by atoms with Crippen LogP contribution in [0.4, 0.5) is 5.69 Å². The second kappa shape index (κ2) is 8.39. The van der Waals surface area contributed by atoms with Gasteiger partial charge in [-0.25, -0.2) is 8.42 Å². The molecule has 0 atom stereocenters. The predicted molar refractivity (Wildman–Crippen MR) is 99.4 cm³/mol. The Hall–Kier alpha value is -2.29. The number of nitrogens with one attached hydrogen (secondary N) is 1. The second-order valence-electron chi connectivity index (χ2n) is 5.31. The van der Waals surface area contributed by atoms with E-state index >= 15 is 0 Å². The van der Waals surface area contributed by atoms with E-state index in [4.69, 9.17) is 21.1 Å². The van der Waals surface area contributed by atoms with Crippen molar-refractivity contribution in [2.24, 2.45) is 0 Å². The number of benzene rings is 2. The number of sulfonamides is 1. The van der Waals surface area contributed by atoms with Crippen LogP contribution in [-0.4, -0.2) is 46.4 Å². The van der Waals surface area contributed by atoms with Crippen molar-refractivity contribution >= 4 is 33.2 Å². The summed E-state index contributed by atoms with van der Waals surface area (Å²) in [6.07, 6.45) is 0. The number of amides is 1. The molecule has 140 valence electrons. The smallest absolute Gasteiger partial charge is 0.243 e. The predicted octanol–water partition coefficient (Wildman–Crippen LogP) is 2.62. The Bertz CT molecular complexity index is 888. The Balaban J connectivity index is 2.15. The first-order valence-corrected chi connectivity index (χ1v) is 9.34. The summed E-state index contributed by atoms with van der Waals surface area (Å²) in [7, 11) is 0.463. The van der Waals surface area contributed by atoms with Gasteiger partial charge in [-0.3, -0.25) is 4.79 Å². The SMILES string of the molecule is COc1cc(OC)c(NC(=O)CN(C)S(=O)(=O)c2ccccc2)cc1Cl. The first-order valence-electron chi connectivity index (χ1n) is 7.52. The first-order chi connectivity index (χ1) is 12.3. The van der Waals surface area contributed by atoms with Crippen LogP contribution in [0.5, 0.6) is 11.5 Å². The molecule has 2 aromatic rings. The molecule has 0 aliphatic heterocycles. The van der Waals surface area contributed by atoms with Gasteiger partial charge in [0.25, 0.3) is 0 Å². The maximum atomic E-state index is 12.5. The van der Waals surface area contributed by atoms with Gasteiger partial charge in [-0.05, 0) is 18.2 Å². The summed E-state index contributed by atoms with van der Waals surface area (Å²) in [6.45, 7) is -0.371. The zero-order valence-corrected chi connectivity index (χ0v) is 16.1. The Morgan fingerprint density at radius 2 is 1.73 bits per heavy atom. The van der Waals surface area contributed by atoms with Crippen LogP contribution in [0.2, 0.25) is 5.02 Å². The lowest BCUT2D eigenvalue weighted by atomic mass is 10.2. The van der Waals surface area contributed by atoms with Crippen LogP contribution in [0.25, 0.3) is 0 Å². The van der Waals surface area contributed by atoms with E-state index in [0.717, 1.165) is 4.31 Å². The summed E-state index contributed by atoms with van der Waals surface area (Å²) in [4.78, 5) is 12.4. The fraction of sp³-hybridized carbons (Fsp3) is 0.235. The first kappa shape index (κ1) is 20.0. The third-order valence-electron chi connectivity index (χ3n) is 3.57. The minimum atomic E-state index is -3.77. The number of hydrogen-bond donors (Lipinski definition) is 1. The number of ether oxygens (including phenoxy) is 2. The van der Waals surface area contributed by atoms with Crippen molar-refractivity contribution in [1.82, 2.24) is 4.31 Å². The lowest BCUT2D eigenvalue weighted by Crippen LogP contribution is -2.35. The molecule has 0 aliphatic carbocycles. The molecule has 0 bridgehead atoms. The minimum absolute atomic E-state index is 0.111. The van der Waals surface area contributed by atoms with Gasteiger partial charge < -0.3 is 14.8 Å². The van der Waals surface area contributed by atoms with E-state index < -0.39 is 15.9 Å². The summed E-state index contributed by atoms with van der Waals surface area (Å²) < 4.78 is 36.2. The average molecular weight is 399 g/mol. The third-order valence-corrected chi connectivity index (χ3v) is 5.68. The summed E-state index contributed by atoms with van der Waals surface area (Å²) in [5.74, 6) is 0.199. The van der Waals surface area contributed by atoms with Gasteiger partial charge >= 0.3 is 0 Å². The number of carbonyl (C=O) groups excluding carboxylic acids is 1. The maximum absolute atomic E-state index is 12.5. The highest BCUT2D eigenvalue weighted by Crippen LogP contribution is 2.35. The molecule has 1 N–H and O–H groups in total. The summed E-state index contributed by atoms with van der Waals surface area (Å²) in [6, 6.07) is 10.9. The van der Waals surface area contributed by atoms with Crippen molar-refractivity contribution in [2.75, 3.05) is 33.1 Å². The lowest BCUT2D eigenvalue weighted by Gasteiger charge is -2.18. The molecular weight excluding hydrogens is 380 g/mol. The van der Waals surface area contributed by atoms with E-state index in [0.29, 0.717) is 17.2 Å². The highest BCUT2D eigenvalue weighted by atomic mass is 35.5. The quantitative estimate of drug-likeness (QED) is 0.774. The third kappa shape index (κ3) is 4.46. The Labute approximate surface area is 157 Å². The molecule has 0 heterocycles. The molecule has 0 aromatic heterocycles. The van der Waals surface area contributed by atoms with Gasteiger partial charge in [-0.15, -0.1) is 0 Å². The Morgan fingerprint density at radius 1 is 1.12 bits per heavy atom. The van der Waals surface area contributed by atoms with Crippen LogP contribution in [-0.2, 0) is 14.8 Å². The van der Waals surface area contributed by atoms with Crippen LogP contribution in [0, 0.1) is 0 Å². The van der Waals surface area contributed by atoms with Crippen LogP contribution < -0.4 is 14.8 Å².